The molecule has 0 bridgehead atoms. The van der Waals surface area contributed by atoms with Crippen LogP contribution in [-0.2, 0) is 0 Å². The fraction of sp³-hybridized carbons (Fsp3) is 0.250. The van der Waals surface area contributed by atoms with Crippen LogP contribution < -0.4 is 31.0 Å². The molecule has 21 heavy (non-hydrogen) atoms. The zero-order valence-electron chi connectivity index (χ0n) is 11.8. The SMILES string of the molecule is COc1ccc(-c2nnc(NN)[nH]c2=O)c(OC)c1OC. The van der Waals surface area contributed by atoms with Crippen molar-refractivity contribution in [1.29, 1.82) is 0 Å². The fourth-order valence-electron chi connectivity index (χ4n) is 1.87. The van der Waals surface area contributed by atoms with Gasteiger partial charge < -0.3 is 14.2 Å². The summed E-state index contributed by atoms with van der Waals surface area (Å²) in [5.41, 5.74) is 2.24. The van der Waals surface area contributed by atoms with E-state index in [0.29, 0.717) is 22.8 Å². The van der Waals surface area contributed by atoms with Crippen LogP contribution in [0.1, 0.15) is 0 Å². The maximum absolute atomic E-state index is 12.0. The molecule has 0 spiro atoms. The molecular weight excluding hydrogens is 278 g/mol. The first kappa shape index (κ1) is 14.6. The highest BCUT2D eigenvalue weighted by Crippen LogP contribution is 2.42. The molecule has 0 aliphatic rings. The Balaban J connectivity index is 2.67. The van der Waals surface area contributed by atoms with Crippen LogP contribution in [0.15, 0.2) is 16.9 Å². The van der Waals surface area contributed by atoms with Gasteiger partial charge >= 0.3 is 0 Å². The van der Waals surface area contributed by atoms with E-state index in [1.165, 1.54) is 21.3 Å². The number of ether oxygens (including phenoxy) is 3. The van der Waals surface area contributed by atoms with Gasteiger partial charge in [-0.2, -0.15) is 0 Å². The Labute approximate surface area is 120 Å². The van der Waals surface area contributed by atoms with Crippen LogP contribution in [0.5, 0.6) is 17.2 Å². The van der Waals surface area contributed by atoms with Crippen molar-refractivity contribution < 1.29 is 14.2 Å². The molecule has 2 aromatic rings. The molecule has 0 saturated heterocycles. The van der Waals surface area contributed by atoms with Gasteiger partial charge in [0, 0.05) is 0 Å². The van der Waals surface area contributed by atoms with Gasteiger partial charge in [0.2, 0.25) is 11.7 Å². The van der Waals surface area contributed by atoms with E-state index in [9.17, 15) is 4.79 Å². The average Bonchev–Trinajstić information content (AvgIpc) is 2.53. The number of benzene rings is 1. The minimum Gasteiger partial charge on any atom is -0.493 e. The Morgan fingerprint density at radius 1 is 1.10 bits per heavy atom. The molecule has 1 aromatic heterocycles. The highest BCUT2D eigenvalue weighted by molar-refractivity contribution is 5.73. The lowest BCUT2D eigenvalue weighted by Crippen LogP contribution is -2.20. The molecule has 4 N–H and O–H groups in total. The molecule has 0 aliphatic heterocycles. The lowest BCUT2D eigenvalue weighted by atomic mass is 10.1. The number of aromatic amines is 1. The lowest BCUT2D eigenvalue weighted by Gasteiger charge is -2.14. The molecule has 0 fully saturated rings. The van der Waals surface area contributed by atoms with E-state index >= 15 is 0 Å². The number of nitrogens with two attached hydrogens (primary N) is 1. The van der Waals surface area contributed by atoms with Gasteiger partial charge in [0.15, 0.2) is 17.2 Å². The second kappa shape index (κ2) is 6.09. The molecule has 1 aromatic carbocycles. The summed E-state index contributed by atoms with van der Waals surface area (Å²) in [6.07, 6.45) is 0. The van der Waals surface area contributed by atoms with E-state index < -0.39 is 5.56 Å². The number of methoxy groups -OCH3 is 3. The third-order valence-corrected chi connectivity index (χ3v) is 2.79. The minimum absolute atomic E-state index is 0.0585. The van der Waals surface area contributed by atoms with Crippen molar-refractivity contribution in [2.75, 3.05) is 26.8 Å². The van der Waals surface area contributed by atoms with Crippen LogP contribution in [0.4, 0.5) is 5.95 Å². The van der Waals surface area contributed by atoms with E-state index in [0.717, 1.165) is 0 Å². The summed E-state index contributed by atoms with van der Waals surface area (Å²) in [6, 6.07) is 3.28. The van der Waals surface area contributed by atoms with Crippen molar-refractivity contribution in [3.63, 3.8) is 0 Å². The number of nitrogens with zero attached hydrogens (tertiary/aromatic N) is 2. The molecule has 0 aliphatic carbocycles. The molecule has 0 saturated carbocycles. The predicted octanol–water partition coefficient (Wildman–Crippen LogP) is 0.143. The molecule has 9 heteroatoms. The third-order valence-electron chi connectivity index (χ3n) is 2.79. The van der Waals surface area contributed by atoms with Gasteiger partial charge in [-0.3, -0.25) is 15.2 Å². The number of rotatable bonds is 5. The quantitative estimate of drug-likeness (QED) is 0.525. The first-order valence-corrected chi connectivity index (χ1v) is 5.89. The summed E-state index contributed by atoms with van der Waals surface area (Å²) >= 11 is 0. The topological polar surface area (TPSA) is 124 Å². The van der Waals surface area contributed by atoms with Crippen LogP contribution in [0, 0.1) is 0 Å². The minimum atomic E-state index is -0.469. The van der Waals surface area contributed by atoms with Crippen molar-refractivity contribution in [2.24, 2.45) is 5.84 Å². The summed E-state index contributed by atoms with van der Waals surface area (Å²) in [5, 5.41) is 7.58. The van der Waals surface area contributed by atoms with Crippen LogP contribution in [0.25, 0.3) is 11.3 Å². The monoisotopic (exact) mass is 293 g/mol. The summed E-state index contributed by atoms with van der Waals surface area (Å²) in [5.74, 6) is 6.38. The zero-order chi connectivity index (χ0) is 15.4. The van der Waals surface area contributed by atoms with Gasteiger partial charge in [0.1, 0.15) is 0 Å². The highest BCUT2D eigenvalue weighted by atomic mass is 16.5. The number of hydrazine groups is 1. The van der Waals surface area contributed by atoms with E-state index in [2.05, 4.69) is 20.6 Å². The van der Waals surface area contributed by atoms with E-state index in [4.69, 9.17) is 20.1 Å². The molecular formula is C12H15N5O4. The molecule has 0 unspecified atom stereocenters. The second-order valence-corrected chi connectivity index (χ2v) is 3.88. The van der Waals surface area contributed by atoms with Crippen LogP contribution in [0.3, 0.4) is 0 Å². The maximum atomic E-state index is 12.0. The number of anilines is 1. The van der Waals surface area contributed by atoms with E-state index in [1.807, 2.05) is 0 Å². The van der Waals surface area contributed by atoms with Crippen molar-refractivity contribution in [2.45, 2.75) is 0 Å². The third kappa shape index (κ3) is 2.58. The smallest absolute Gasteiger partial charge is 0.279 e. The van der Waals surface area contributed by atoms with Gasteiger partial charge in [-0.05, 0) is 12.1 Å². The van der Waals surface area contributed by atoms with Crippen LogP contribution >= 0.6 is 0 Å². The van der Waals surface area contributed by atoms with Gasteiger partial charge in [0.05, 0.1) is 26.9 Å². The summed E-state index contributed by atoms with van der Waals surface area (Å²) in [6.45, 7) is 0. The predicted molar refractivity (Wildman–Crippen MR) is 75.6 cm³/mol. The largest absolute Gasteiger partial charge is 0.493 e. The number of H-pyrrole nitrogens is 1. The normalized spacial score (nSPS) is 10.1. The Morgan fingerprint density at radius 2 is 1.81 bits per heavy atom. The van der Waals surface area contributed by atoms with E-state index in [-0.39, 0.29) is 11.6 Å². The van der Waals surface area contributed by atoms with Crippen molar-refractivity contribution in [3.05, 3.63) is 22.5 Å². The molecule has 0 amide bonds. The van der Waals surface area contributed by atoms with Crippen LogP contribution in [-0.4, -0.2) is 36.5 Å². The molecule has 9 nitrogen and oxygen atoms in total. The lowest BCUT2D eigenvalue weighted by molar-refractivity contribution is 0.325. The molecule has 112 valence electrons. The van der Waals surface area contributed by atoms with Gasteiger partial charge in [-0.1, -0.05) is 0 Å². The first-order valence-electron chi connectivity index (χ1n) is 5.89. The van der Waals surface area contributed by atoms with Gasteiger partial charge in [0.25, 0.3) is 5.56 Å². The Hall–Kier alpha value is -2.81. The van der Waals surface area contributed by atoms with Crippen molar-refractivity contribution in [1.82, 2.24) is 15.2 Å². The molecule has 2 rings (SSSR count). The number of hydrogen-bond acceptors (Lipinski definition) is 8. The zero-order valence-corrected chi connectivity index (χ0v) is 11.8. The molecule has 0 radical (unpaired) electrons. The Morgan fingerprint density at radius 3 is 2.33 bits per heavy atom. The number of nitrogens with one attached hydrogen (secondary N) is 2. The average molecular weight is 293 g/mol. The first-order chi connectivity index (χ1) is 10.2. The fourth-order valence-corrected chi connectivity index (χ4v) is 1.87. The Kier molecular flexibility index (Phi) is 4.24. The summed E-state index contributed by atoms with van der Waals surface area (Å²) in [4.78, 5) is 14.5. The van der Waals surface area contributed by atoms with Crippen LogP contribution in [0.2, 0.25) is 0 Å². The van der Waals surface area contributed by atoms with Crippen molar-refractivity contribution >= 4 is 5.95 Å². The maximum Gasteiger partial charge on any atom is 0.279 e. The number of aromatic nitrogens is 3. The number of nitrogen functional groups attached to an aromatic ring is 1. The highest BCUT2D eigenvalue weighted by Gasteiger charge is 2.20. The second-order valence-electron chi connectivity index (χ2n) is 3.88. The summed E-state index contributed by atoms with van der Waals surface area (Å²) < 4.78 is 15.8. The standard InChI is InChI=1S/C12H15N5O4/c1-19-7-5-4-6(9(20-2)10(7)21-3)8-11(18)14-12(15-13)17-16-8/h4-5H,13H2,1-3H3,(H2,14,15,17,18). The van der Waals surface area contributed by atoms with Crippen molar-refractivity contribution in [3.8, 4) is 28.5 Å². The molecule has 1 heterocycles. The van der Waals surface area contributed by atoms with Gasteiger partial charge in [-0.15, -0.1) is 10.2 Å². The Bertz CT molecular complexity index is 701. The van der Waals surface area contributed by atoms with E-state index in [1.54, 1.807) is 12.1 Å². The number of hydrogen-bond donors (Lipinski definition) is 3. The van der Waals surface area contributed by atoms with Gasteiger partial charge in [-0.25, -0.2) is 5.84 Å². The summed E-state index contributed by atoms with van der Waals surface area (Å²) in [7, 11) is 4.44. The molecule has 0 atom stereocenters.